The number of carbonyl (C=O) groups excluding carboxylic acids is 2. The number of methoxy groups -OCH3 is 1. The van der Waals surface area contributed by atoms with Crippen LogP contribution in [0.15, 0.2) is 42.5 Å². The van der Waals surface area contributed by atoms with Gasteiger partial charge in [0.2, 0.25) is 0 Å². The molecule has 1 aliphatic rings. The number of ether oxygens (including phenoxy) is 1. The van der Waals surface area contributed by atoms with Crippen molar-refractivity contribution in [1.82, 2.24) is 0 Å². The minimum atomic E-state index is -1.15. The standard InChI is InChI=1S/C16H11NO5/c1-22-13-8-9(6-7-12(13)16(20)21)17-14(18)10-4-2-3-5-11(10)15(17)19/h2-8H,1H3,(H,20,21). The molecule has 0 aliphatic carbocycles. The lowest BCUT2D eigenvalue weighted by Crippen LogP contribution is -2.29. The van der Waals surface area contributed by atoms with Crippen molar-refractivity contribution in [3.05, 3.63) is 59.2 Å². The molecule has 0 bridgehead atoms. The van der Waals surface area contributed by atoms with E-state index in [-0.39, 0.29) is 17.0 Å². The number of carboxylic acids is 1. The number of imide groups is 1. The van der Waals surface area contributed by atoms with E-state index in [2.05, 4.69) is 0 Å². The maximum Gasteiger partial charge on any atom is 0.339 e. The van der Waals surface area contributed by atoms with E-state index in [1.165, 1.54) is 25.3 Å². The molecule has 0 aromatic heterocycles. The van der Waals surface area contributed by atoms with Crippen LogP contribution in [0, 0.1) is 0 Å². The smallest absolute Gasteiger partial charge is 0.339 e. The molecule has 0 saturated carbocycles. The molecule has 0 spiro atoms. The topological polar surface area (TPSA) is 83.9 Å². The minimum absolute atomic E-state index is 0.0390. The highest BCUT2D eigenvalue weighted by Gasteiger charge is 2.36. The van der Waals surface area contributed by atoms with E-state index in [1.54, 1.807) is 24.3 Å². The first-order valence-corrected chi connectivity index (χ1v) is 6.43. The third-order valence-corrected chi connectivity index (χ3v) is 3.47. The molecule has 0 fully saturated rings. The van der Waals surface area contributed by atoms with Gasteiger partial charge < -0.3 is 9.84 Å². The van der Waals surface area contributed by atoms with Crippen LogP contribution in [0.2, 0.25) is 0 Å². The highest BCUT2D eigenvalue weighted by atomic mass is 16.5. The number of anilines is 1. The molecule has 1 N–H and O–H groups in total. The molecule has 2 aromatic rings. The van der Waals surface area contributed by atoms with E-state index < -0.39 is 17.8 Å². The third-order valence-electron chi connectivity index (χ3n) is 3.47. The number of benzene rings is 2. The van der Waals surface area contributed by atoms with Crippen molar-refractivity contribution >= 4 is 23.5 Å². The Kier molecular flexibility index (Phi) is 3.14. The molecule has 0 radical (unpaired) electrons. The van der Waals surface area contributed by atoms with E-state index >= 15 is 0 Å². The molecule has 1 heterocycles. The summed E-state index contributed by atoms with van der Waals surface area (Å²) < 4.78 is 5.02. The number of carboxylic acid groups (broad SMARTS) is 1. The zero-order valence-electron chi connectivity index (χ0n) is 11.6. The van der Waals surface area contributed by atoms with Gasteiger partial charge in [0.1, 0.15) is 11.3 Å². The van der Waals surface area contributed by atoms with Gasteiger partial charge in [0, 0.05) is 6.07 Å². The summed E-state index contributed by atoms with van der Waals surface area (Å²) in [5.74, 6) is -1.94. The summed E-state index contributed by atoms with van der Waals surface area (Å²) in [5.41, 5.74) is 0.887. The Morgan fingerprint density at radius 3 is 2.14 bits per heavy atom. The summed E-state index contributed by atoms with van der Waals surface area (Å²) in [5, 5.41) is 9.07. The lowest BCUT2D eigenvalue weighted by Gasteiger charge is -2.15. The predicted molar refractivity (Wildman–Crippen MR) is 77.5 cm³/mol. The van der Waals surface area contributed by atoms with Crippen LogP contribution < -0.4 is 9.64 Å². The van der Waals surface area contributed by atoms with E-state index in [0.29, 0.717) is 11.1 Å². The second-order valence-corrected chi connectivity index (χ2v) is 4.68. The number of fused-ring (bicyclic) bond motifs is 1. The molecule has 0 unspecified atom stereocenters. The Balaban J connectivity index is 2.08. The SMILES string of the molecule is COc1cc(N2C(=O)c3ccccc3C2=O)ccc1C(=O)O. The van der Waals surface area contributed by atoms with E-state index in [1.807, 2.05) is 0 Å². The van der Waals surface area contributed by atoms with Crippen molar-refractivity contribution in [3.63, 3.8) is 0 Å². The molecule has 6 heteroatoms. The van der Waals surface area contributed by atoms with Crippen molar-refractivity contribution in [3.8, 4) is 5.75 Å². The van der Waals surface area contributed by atoms with Crippen LogP contribution in [-0.2, 0) is 0 Å². The van der Waals surface area contributed by atoms with Crippen LogP contribution in [0.25, 0.3) is 0 Å². The molecular weight excluding hydrogens is 286 g/mol. The summed E-state index contributed by atoms with van der Waals surface area (Å²) in [6.45, 7) is 0. The summed E-state index contributed by atoms with van der Waals surface area (Å²) >= 11 is 0. The highest BCUT2D eigenvalue weighted by molar-refractivity contribution is 6.34. The molecule has 3 rings (SSSR count). The van der Waals surface area contributed by atoms with Gasteiger partial charge in [-0.05, 0) is 24.3 Å². The second-order valence-electron chi connectivity index (χ2n) is 4.68. The Labute approximate surface area is 125 Å². The number of nitrogens with zero attached hydrogens (tertiary/aromatic N) is 1. The Morgan fingerprint density at radius 1 is 1.05 bits per heavy atom. The molecular formula is C16H11NO5. The average molecular weight is 297 g/mol. The number of carbonyl (C=O) groups is 3. The van der Waals surface area contributed by atoms with E-state index in [4.69, 9.17) is 9.84 Å². The fraction of sp³-hybridized carbons (Fsp3) is 0.0625. The van der Waals surface area contributed by atoms with Gasteiger partial charge in [-0.25, -0.2) is 9.69 Å². The van der Waals surface area contributed by atoms with Crippen molar-refractivity contribution < 1.29 is 24.2 Å². The van der Waals surface area contributed by atoms with Gasteiger partial charge in [-0.3, -0.25) is 9.59 Å². The van der Waals surface area contributed by atoms with Gasteiger partial charge in [0.05, 0.1) is 23.9 Å². The normalized spacial score (nSPS) is 13.2. The van der Waals surface area contributed by atoms with Gasteiger partial charge in [0.15, 0.2) is 0 Å². The Bertz CT molecular complexity index is 777. The quantitative estimate of drug-likeness (QED) is 0.878. The van der Waals surface area contributed by atoms with Crippen molar-refractivity contribution in [2.45, 2.75) is 0 Å². The van der Waals surface area contributed by atoms with Gasteiger partial charge >= 0.3 is 5.97 Å². The molecule has 1 aliphatic heterocycles. The molecule has 2 amide bonds. The summed E-state index contributed by atoms with van der Waals surface area (Å²) in [6.07, 6.45) is 0. The van der Waals surface area contributed by atoms with Crippen LogP contribution in [0.4, 0.5) is 5.69 Å². The average Bonchev–Trinajstić information content (AvgIpc) is 2.78. The number of hydrogen-bond donors (Lipinski definition) is 1. The molecule has 6 nitrogen and oxygen atoms in total. The monoisotopic (exact) mass is 297 g/mol. The maximum atomic E-state index is 12.4. The Hall–Kier alpha value is -3.15. The number of aromatic carboxylic acids is 1. The minimum Gasteiger partial charge on any atom is -0.496 e. The van der Waals surface area contributed by atoms with Crippen LogP contribution in [0.1, 0.15) is 31.1 Å². The van der Waals surface area contributed by atoms with Crippen LogP contribution in [0.5, 0.6) is 5.75 Å². The van der Waals surface area contributed by atoms with Gasteiger partial charge in [-0.1, -0.05) is 12.1 Å². The summed E-state index contributed by atoms with van der Waals surface area (Å²) in [4.78, 5) is 36.9. The lowest BCUT2D eigenvalue weighted by molar-refractivity contribution is 0.0693. The summed E-state index contributed by atoms with van der Waals surface area (Å²) in [7, 11) is 1.33. The van der Waals surface area contributed by atoms with Crippen molar-refractivity contribution in [2.24, 2.45) is 0 Å². The summed E-state index contributed by atoms with van der Waals surface area (Å²) in [6, 6.07) is 10.6. The van der Waals surface area contributed by atoms with Crippen molar-refractivity contribution in [2.75, 3.05) is 12.0 Å². The number of hydrogen-bond acceptors (Lipinski definition) is 4. The van der Waals surface area contributed by atoms with Gasteiger partial charge in [-0.15, -0.1) is 0 Å². The van der Waals surface area contributed by atoms with E-state index in [9.17, 15) is 14.4 Å². The maximum absolute atomic E-state index is 12.4. The van der Waals surface area contributed by atoms with Crippen LogP contribution in [-0.4, -0.2) is 30.0 Å². The van der Waals surface area contributed by atoms with E-state index in [0.717, 1.165) is 4.90 Å². The zero-order chi connectivity index (χ0) is 15.9. The first kappa shape index (κ1) is 13.8. The fourth-order valence-electron chi connectivity index (χ4n) is 2.42. The zero-order valence-corrected chi connectivity index (χ0v) is 11.6. The number of amides is 2. The first-order chi connectivity index (χ1) is 10.5. The van der Waals surface area contributed by atoms with Crippen molar-refractivity contribution in [1.29, 1.82) is 0 Å². The fourth-order valence-corrected chi connectivity index (χ4v) is 2.42. The number of rotatable bonds is 3. The molecule has 0 atom stereocenters. The second kappa shape index (κ2) is 5.00. The first-order valence-electron chi connectivity index (χ1n) is 6.43. The largest absolute Gasteiger partial charge is 0.496 e. The van der Waals surface area contributed by atoms with Gasteiger partial charge in [-0.2, -0.15) is 0 Å². The van der Waals surface area contributed by atoms with Crippen LogP contribution in [0.3, 0.4) is 0 Å². The third kappa shape index (κ3) is 1.93. The molecule has 2 aromatic carbocycles. The molecule has 0 saturated heterocycles. The highest BCUT2D eigenvalue weighted by Crippen LogP contribution is 2.32. The van der Waals surface area contributed by atoms with Crippen LogP contribution >= 0.6 is 0 Å². The lowest BCUT2D eigenvalue weighted by atomic mass is 10.1. The predicted octanol–water partition coefficient (Wildman–Crippen LogP) is 2.19. The Morgan fingerprint density at radius 2 is 1.64 bits per heavy atom. The molecule has 22 heavy (non-hydrogen) atoms. The van der Waals surface area contributed by atoms with Gasteiger partial charge in [0.25, 0.3) is 11.8 Å². The molecule has 110 valence electrons.